The van der Waals surface area contributed by atoms with Crippen molar-refractivity contribution in [2.75, 3.05) is 0 Å². The minimum Gasteiger partial charge on any atom is -0.450 e. The van der Waals surface area contributed by atoms with E-state index in [0.29, 0.717) is 11.5 Å². The van der Waals surface area contributed by atoms with E-state index < -0.39 is 0 Å². The number of nitrogens with one attached hydrogen (secondary N) is 1. The van der Waals surface area contributed by atoms with E-state index in [2.05, 4.69) is 5.10 Å². The molecule has 0 bridgehead atoms. The molecule has 2 aromatic rings. The molecule has 4 heteroatoms. The molecule has 0 aliphatic rings. The molecule has 0 spiro atoms. The quantitative estimate of drug-likeness (QED) is 0.839. The van der Waals surface area contributed by atoms with Crippen molar-refractivity contribution in [3.8, 4) is 11.5 Å². The Morgan fingerprint density at radius 2 is 2.06 bits per heavy atom. The summed E-state index contributed by atoms with van der Waals surface area (Å²) in [6, 6.07) is 7.61. The van der Waals surface area contributed by atoms with Crippen LogP contribution < -0.4 is 10.3 Å². The summed E-state index contributed by atoms with van der Waals surface area (Å²) in [6.45, 7) is 3.79. The van der Waals surface area contributed by atoms with Crippen LogP contribution in [0.5, 0.6) is 11.5 Å². The van der Waals surface area contributed by atoms with Gasteiger partial charge in [0.2, 0.25) is 5.75 Å². The monoisotopic (exact) mass is 218 g/mol. The highest BCUT2D eigenvalue weighted by Crippen LogP contribution is 2.21. The second-order valence-corrected chi connectivity index (χ2v) is 3.85. The van der Waals surface area contributed by atoms with Gasteiger partial charge in [0, 0.05) is 7.05 Å². The van der Waals surface area contributed by atoms with Crippen molar-refractivity contribution >= 4 is 0 Å². The lowest BCUT2D eigenvalue weighted by Gasteiger charge is -2.03. The molecular formula is C12H14N2O2. The molecule has 0 saturated carbocycles. The van der Waals surface area contributed by atoms with Crippen molar-refractivity contribution < 1.29 is 4.74 Å². The van der Waals surface area contributed by atoms with Gasteiger partial charge in [0.1, 0.15) is 5.75 Å². The zero-order valence-electron chi connectivity index (χ0n) is 9.57. The van der Waals surface area contributed by atoms with Gasteiger partial charge in [-0.15, -0.1) is 0 Å². The van der Waals surface area contributed by atoms with Gasteiger partial charge in [0.15, 0.2) is 0 Å². The molecular weight excluding hydrogens is 204 g/mol. The van der Waals surface area contributed by atoms with Crippen LogP contribution in [-0.2, 0) is 7.05 Å². The van der Waals surface area contributed by atoms with Gasteiger partial charge in [-0.25, -0.2) is 0 Å². The van der Waals surface area contributed by atoms with Crippen LogP contribution in [0.1, 0.15) is 11.3 Å². The lowest BCUT2D eigenvalue weighted by molar-refractivity contribution is 0.473. The zero-order valence-corrected chi connectivity index (χ0v) is 9.57. The number of rotatable bonds is 2. The van der Waals surface area contributed by atoms with Gasteiger partial charge in [0.25, 0.3) is 0 Å². The molecule has 0 unspecified atom stereocenters. The van der Waals surface area contributed by atoms with E-state index >= 15 is 0 Å². The summed E-state index contributed by atoms with van der Waals surface area (Å²) in [6.07, 6.45) is 0. The summed E-state index contributed by atoms with van der Waals surface area (Å²) in [5, 5.41) is 2.89. The van der Waals surface area contributed by atoms with Crippen LogP contribution in [0.15, 0.2) is 29.1 Å². The number of aromatic nitrogens is 2. The van der Waals surface area contributed by atoms with E-state index in [4.69, 9.17) is 4.74 Å². The lowest BCUT2D eigenvalue weighted by Crippen LogP contribution is -2.12. The molecule has 0 aliphatic heterocycles. The average Bonchev–Trinajstić information content (AvgIpc) is 2.45. The maximum absolute atomic E-state index is 11.7. The number of aryl methyl sites for hydroxylation is 3. The molecule has 16 heavy (non-hydrogen) atoms. The molecule has 1 aromatic heterocycles. The molecule has 2 rings (SSSR count). The fraction of sp³-hybridized carbons (Fsp3) is 0.250. The lowest BCUT2D eigenvalue weighted by atomic mass is 10.2. The largest absolute Gasteiger partial charge is 0.450 e. The van der Waals surface area contributed by atoms with Gasteiger partial charge in [-0.2, -0.15) is 0 Å². The minimum atomic E-state index is -0.154. The van der Waals surface area contributed by atoms with Gasteiger partial charge in [-0.05, 0) is 31.5 Å². The summed E-state index contributed by atoms with van der Waals surface area (Å²) in [7, 11) is 1.67. The van der Waals surface area contributed by atoms with E-state index in [-0.39, 0.29) is 5.56 Å². The predicted molar refractivity (Wildman–Crippen MR) is 62.0 cm³/mol. The molecule has 0 saturated heterocycles. The maximum atomic E-state index is 11.7. The van der Waals surface area contributed by atoms with Crippen LogP contribution in [0.3, 0.4) is 0 Å². The van der Waals surface area contributed by atoms with Gasteiger partial charge in [-0.1, -0.05) is 12.1 Å². The highest BCUT2D eigenvalue weighted by Gasteiger charge is 2.10. The molecule has 1 heterocycles. The van der Waals surface area contributed by atoms with Crippen molar-refractivity contribution in [2.45, 2.75) is 13.8 Å². The second-order valence-electron chi connectivity index (χ2n) is 3.85. The number of hydrogen-bond donors (Lipinski definition) is 1. The fourth-order valence-electron chi connectivity index (χ4n) is 1.58. The summed E-state index contributed by atoms with van der Waals surface area (Å²) < 4.78 is 6.98. The fourth-order valence-corrected chi connectivity index (χ4v) is 1.58. The number of hydrogen-bond acceptors (Lipinski definition) is 2. The summed E-state index contributed by atoms with van der Waals surface area (Å²) >= 11 is 0. The Bertz CT molecular complexity index is 567. The Kier molecular flexibility index (Phi) is 2.56. The SMILES string of the molecule is Cc1cccc(Oc2c(C)[nH]n(C)c2=O)c1. The number of H-pyrrole nitrogens is 1. The summed E-state index contributed by atoms with van der Waals surface area (Å²) in [5.74, 6) is 1.04. The summed E-state index contributed by atoms with van der Waals surface area (Å²) in [4.78, 5) is 11.7. The molecule has 0 aliphatic carbocycles. The normalized spacial score (nSPS) is 10.4. The number of benzene rings is 1. The molecule has 0 radical (unpaired) electrons. The van der Waals surface area contributed by atoms with E-state index in [1.807, 2.05) is 38.1 Å². The van der Waals surface area contributed by atoms with Gasteiger partial charge in [-0.3, -0.25) is 14.6 Å². The Morgan fingerprint density at radius 1 is 1.31 bits per heavy atom. The van der Waals surface area contributed by atoms with Gasteiger partial charge in [0.05, 0.1) is 5.69 Å². The molecule has 4 nitrogen and oxygen atoms in total. The molecule has 84 valence electrons. The molecule has 1 aromatic carbocycles. The topological polar surface area (TPSA) is 47.0 Å². The van der Waals surface area contributed by atoms with Crippen molar-refractivity contribution in [3.05, 3.63) is 45.9 Å². The van der Waals surface area contributed by atoms with Crippen LogP contribution in [0.25, 0.3) is 0 Å². The Labute approximate surface area is 93.5 Å². The predicted octanol–water partition coefficient (Wildman–Crippen LogP) is 2.12. The molecule has 0 fully saturated rings. The summed E-state index contributed by atoms with van der Waals surface area (Å²) in [5.41, 5.74) is 1.68. The van der Waals surface area contributed by atoms with Crippen LogP contribution in [-0.4, -0.2) is 9.78 Å². The Morgan fingerprint density at radius 3 is 2.62 bits per heavy atom. The molecule has 0 amide bonds. The van der Waals surface area contributed by atoms with Crippen molar-refractivity contribution in [1.82, 2.24) is 9.78 Å². The van der Waals surface area contributed by atoms with Gasteiger partial charge < -0.3 is 4.74 Å². The Hall–Kier alpha value is -1.97. The van der Waals surface area contributed by atoms with E-state index in [9.17, 15) is 4.79 Å². The zero-order chi connectivity index (χ0) is 11.7. The highest BCUT2D eigenvalue weighted by atomic mass is 16.5. The maximum Gasteiger partial charge on any atom is 0.309 e. The Balaban J connectivity index is 2.38. The third kappa shape index (κ3) is 1.86. The van der Waals surface area contributed by atoms with Crippen molar-refractivity contribution in [1.29, 1.82) is 0 Å². The van der Waals surface area contributed by atoms with Crippen molar-refractivity contribution in [3.63, 3.8) is 0 Å². The first-order valence-electron chi connectivity index (χ1n) is 5.08. The van der Waals surface area contributed by atoms with Crippen LogP contribution in [0.2, 0.25) is 0 Å². The first kappa shape index (κ1) is 10.5. The number of ether oxygens (including phenoxy) is 1. The molecule has 0 atom stereocenters. The number of aromatic amines is 1. The minimum absolute atomic E-state index is 0.154. The van der Waals surface area contributed by atoms with E-state index in [1.165, 1.54) is 4.68 Å². The standard InChI is InChI=1S/C12H14N2O2/c1-8-5-4-6-10(7-8)16-11-9(2)13-14(3)12(11)15/h4-7,13H,1-3H3. The molecule has 1 N–H and O–H groups in total. The van der Waals surface area contributed by atoms with E-state index in [1.54, 1.807) is 7.05 Å². The highest BCUT2D eigenvalue weighted by molar-refractivity contribution is 5.34. The van der Waals surface area contributed by atoms with Crippen LogP contribution in [0, 0.1) is 13.8 Å². The van der Waals surface area contributed by atoms with E-state index in [0.717, 1.165) is 11.3 Å². The first-order chi connectivity index (χ1) is 7.58. The van der Waals surface area contributed by atoms with Crippen molar-refractivity contribution in [2.24, 2.45) is 7.05 Å². The second kappa shape index (κ2) is 3.89. The van der Waals surface area contributed by atoms with Crippen LogP contribution in [0.4, 0.5) is 0 Å². The third-order valence-corrected chi connectivity index (χ3v) is 2.38. The third-order valence-electron chi connectivity index (χ3n) is 2.38. The first-order valence-corrected chi connectivity index (χ1v) is 5.08. The van der Waals surface area contributed by atoms with Gasteiger partial charge >= 0.3 is 5.56 Å². The smallest absolute Gasteiger partial charge is 0.309 e. The number of nitrogens with zero attached hydrogens (tertiary/aromatic N) is 1. The van der Waals surface area contributed by atoms with Crippen LogP contribution >= 0.6 is 0 Å². The average molecular weight is 218 g/mol.